The number of carbonyl (C=O) groups is 4. The summed E-state index contributed by atoms with van der Waals surface area (Å²) < 4.78 is 0. The fourth-order valence-electron chi connectivity index (χ4n) is 5.98. The van der Waals surface area contributed by atoms with Gasteiger partial charge in [0.05, 0.1) is 6.54 Å². The number of benzene rings is 1. The predicted octanol–water partition coefficient (Wildman–Crippen LogP) is 1.41. The average Bonchev–Trinajstić information content (AvgIpc) is 3.23. The van der Waals surface area contributed by atoms with Crippen molar-refractivity contribution >= 4 is 34.5 Å². The van der Waals surface area contributed by atoms with Crippen LogP contribution in [0.4, 0.5) is 0 Å². The summed E-state index contributed by atoms with van der Waals surface area (Å²) in [6.07, 6.45) is 2.39. The number of nitrogens with one attached hydrogen (secondary N) is 4. The number of fused-ring (bicyclic) bond motifs is 2. The maximum absolute atomic E-state index is 13.2. The number of piperidine rings is 2. The van der Waals surface area contributed by atoms with Gasteiger partial charge in [-0.25, -0.2) is 0 Å². The Morgan fingerprint density at radius 1 is 1.17 bits per heavy atom. The quantitative estimate of drug-likeness (QED) is 0.479. The topological polar surface area (TPSA) is 123 Å². The molecule has 9 nitrogen and oxygen atoms in total. The molecule has 3 heterocycles. The van der Waals surface area contributed by atoms with Crippen LogP contribution in [0.15, 0.2) is 30.3 Å². The van der Waals surface area contributed by atoms with Gasteiger partial charge in [0.1, 0.15) is 11.7 Å². The van der Waals surface area contributed by atoms with E-state index in [-0.39, 0.29) is 53.3 Å². The minimum absolute atomic E-state index is 0.00957. The van der Waals surface area contributed by atoms with Gasteiger partial charge in [0.25, 0.3) is 5.91 Å². The third kappa shape index (κ3) is 4.39. The van der Waals surface area contributed by atoms with Crippen LogP contribution in [0.1, 0.15) is 43.6 Å². The summed E-state index contributed by atoms with van der Waals surface area (Å²) in [6.45, 7) is 5.74. The van der Waals surface area contributed by atoms with Gasteiger partial charge in [-0.2, -0.15) is 0 Å². The van der Waals surface area contributed by atoms with Crippen molar-refractivity contribution in [3.8, 4) is 0 Å². The van der Waals surface area contributed by atoms with E-state index in [4.69, 9.17) is 0 Å². The summed E-state index contributed by atoms with van der Waals surface area (Å²) in [5.74, 6) is -0.429. The standard InChI is InChI=1S/C26H33N5O4/c1-26(2)17-14-31(20(32)13-29-24(34)19-12-16-6-3-4-8-18(16)30-19)22(21(17)26)25(35)28-11-9-15-7-5-10-27-23(15)33/h3-4,6,8,12,15,17,21-22,30H,5,7,9-11,13-14H2,1-2H3,(H,27,33)(H,28,35)(H,29,34)/t15-,17-,21-,22-/m0/s1. The maximum atomic E-state index is 13.2. The third-order valence-corrected chi connectivity index (χ3v) is 8.16. The van der Waals surface area contributed by atoms with Gasteiger partial charge in [-0.05, 0) is 48.6 Å². The number of para-hydroxylation sites is 1. The summed E-state index contributed by atoms with van der Waals surface area (Å²) >= 11 is 0. The smallest absolute Gasteiger partial charge is 0.268 e. The molecule has 5 rings (SSSR count). The van der Waals surface area contributed by atoms with Crippen molar-refractivity contribution in [2.75, 3.05) is 26.2 Å². The molecule has 2 aromatic rings. The Bertz CT molecular complexity index is 1140. The second kappa shape index (κ2) is 9.02. The van der Waals surface area contributed by atoms with Crippen molar-refractivity contribution < 1.29 is 19.2 Å². The van der Waals surface area contributed by atoms with Crippen molar-refractivity contribution in [3.63, 3.8) is 0 Å². The molecular formula is C26H33N5O4. The van der Waals surface area contributed by atoms with Crippen LogP contribution in [0, 0.1) is 23.2 Å². The van der Waals surface area contributed by atoms with Crippen LogP contribution in [-0.4, -0.2) is 65.7 Å². The molecular weight excluding hydrogens is 446 g/mol. The summed E-state index contributed by atoms with van der Waals surface area (Å²) in [5.41, 5.74) is 1.26. The van der Waals surface area contributed by atoms with E-state index in [0.29, 0.717) is 25.2 Å². The highest BCUT2D eigenvalue weighted by Gasteiger charge is 2.69. The molecule has 1 saturated carbocycles. The largest absolute Gasteiger partial charge is 0.356 e. The second-order valence-electron chi connectivity index (χ2n) is 10.6. The summed E-state index contributed by atoms with van der Waals surface area (Å²) in [5, 5.41) is 9.47. The number of hydrogen-bond acceptors (Lipinski definition) is 4. The predicted molar refractivity (Wildman–Crippen MR) is 130 cm³/mol. The third-order valence-electron chi connectivity index (χ3n) is 8.16. The van der Waals surface area contributed by atoms with Crippen LogP contribution < -0.4 is 16.0 Å². The molecule has 0 bridgehead atoms. The fourth-order valence-corrected chi connectivity index (χ4v) is 5.98. The Morgan fingerprint density at radius 2 is 1.97 bits per heavy atom. The van der Waals surface area contributed by atoms with Gasteiger partial charge in [0.15, 0.2) is 0 Å². The molecule has 1 aliphatic carbocycles. The number of aromatic nitrogens is 1. The van der Waals surface area contributed by atoms with Crippen LogP contribution in [0.3, 0.4) is 0 Å². The van der Waals surface area contributed by atoms with E-state index in [1.807, 2.05) is 24.3 Å². The minimum atomic E-state index is -0.548. The number of likely N-dealkylation sites (tertiary alicyclic amines) is 1. The lowest BCUT2D eigenvalue weighted by Gasteiger charge is -2.30. The van der Waals surface area contributed by atoms with E-state index >= 15 is 0 Å². The molecule has 0 unspecified atom stereocenters. The summed E-state index contributed by atoms with van der Waals surface area (Å²) in [4.78, 5) is 55.5. The van der Waals surface area contributed by atoms with E-state index in [2.05, 4.69) is 34.8 Å². The Hall–Kier alpha value is -3.36. The van der Waals surface area contributed by atoms with Gasteiger partial charge < -0.3 is 25.8 Å². The number of hydrogen-bond donors (Lipinski definition) is 4. The molecule has 0 spiro atoms. The number of amides is 4. The molecule has 2 saturated heterocycles. The molecule has 35 heavy (non-hydrogen) atoms. The molecule has 1 aromatic heterocycles. The van der Waals surface area contributed by atoms with Gasteiger partial charge in [0.2, 0.25) is 17.7 Å². The lowest BCUT2D eigenvalue weighted by Crippen LogP contribution is -2.52. The highest BCUT2D eigenvalue weighted by atomic mass is 16.2. The first-order valence-electron chi connectivity index (χ1n) is 12.5. The summed E-state index contributed by atoms with van der Waals surface area (Å²) in [6, 6.07) is 8.80. The normalized spacial score (nSPS) is 26.7. The lowest BCUT2D eigenvalue weighted by molar-refractivity contribution is -0.139. The molecule has 186 valence electrons. The number of rotatable bonds is 7. The first-order chi connectivity index (χ1) is 16.8. The monoisotopic (exact) mass is 479 g/mol. The van der Waals surface area contributed by atoms with Gasteiger partial charge >= 0.3 is 0 Å². The molecule has 0 radical (unpaired) electrons. The Balaban J connectivity index is 1.18. The Labute approximate surface area is 204 Å². The van der Waals surface area contributed by atoms with Gasteiger partial charge in [0, 0.05) is 36.5 Å². The van der Waals surface area contributed by atoms with Crippen LogP contribution in [-0.2, 0) is 14.4 Å². The van der Waals surface area contributed by atoms with Crippen molar-refractivity contribution in [1.29, 1.82) is 0 Å². The number of aromatic amines is 1. The molecule has 4 atom stereocenters. The van der Waals surface area contributed by atoms with Crippen LogP contribution >= 0.6 is 0 Å². The minimum Gasteiger partial charge on any atom is -0.356 e. The molecule has 4 N–H and O–H groups in total. The van der Waals surface area contributed by atoms with Gasteiger partial charge in [-0.15, -0.1) is 0 Å². The van der Waals surface area contributed by atoms with E-state index in [1.54, 1.807) is 11.0 Å². The Morgan fingerprint density at radius 3 is 2.74 bits per heavy atom. The van der Waals surface area contributed by atoms with Crippen LogP contribution in [0.5, 0.6) is 0 Å². The summed E-state index contributed by atoms with van der Waals surface area (Å²) in [7, 11) is 0. The fraction of sp³-hybridized carbons (Fsp3) is 0.538. The van der Waals surface area contributed by atoms with E-state index < -0.39 is 6.04 Å². The average molecular weight is 480 g/mol. The molecule has 3 fully saturated rings. The maximum Gasteiger partial charge on any atom is 0.268 e. The SMILES string of the molecule is CC1(C)[C@@H]2[C@@H](C(=O)NCC[C@@H]3CCCNC3=O)N(C(=O)CNC(=O)c3cc4ccccc4[nH]3)C[C@@H]21. The zero-order valence-electron chi connectivity index (χ0n) is 20.2. The van der Waals surface area contributed by atoms with E-state index in [1.165, 1.54) is 0 Å². The zero-order chi connectivity index (χ0) is 24.7. The van der Waals surface area contributed by atoms with Crippen molar-refractivity contribution in [2.24, 2.45) is 23.2 Å². The van der Waals surface area contributed by atoms with Crippen LogP contribution in [0.25, 0.3) is 10.9 Å². The van der Waals surface area contributed by atoms with E-state index in [9.17, 15) is 19.2 Å². The number of H-pyrrole nitrogens is 1. The first kappa shape index (κ1) is 23.4. The van der Waals surface area contributed by atoms with E-state index in [0.717, 1.165) is 30.3 Å². The highest BCUT2D eigenvalue weighted by Crippen LogP contribution is 2.64. The van der Waals surface area contributed by atoms with Crippen molar-refractivity contribution in [1.82, 2.24) is 25.8 Å². The molecule has 1 aromatic carbocycles. The zero-order valence-corrected chi connectivity index (χ0v) is 20.2. The Kier molecular flexibility index (Phi) is 6.02. The van der Waals surface area contributed by atoms with Gasteiger partial charge in [-0.3, -0.25) is 19.2 Å². The molecule has 4 amide bonds. The van der Waals surface area contributed by atoms with Crippen molar-refractivity contribution in [2.45, 2.75) is 39.2 Å². The van der Waals surface area contributed by atoms with Crippen LogP contribution in [0.2, 0.25) is 0 Å². The molecule has 9 heteroatoms. The number of carbonyl (C=O) groups excluding carboxylic acids is 4. The second-order valence-corrected chi connectivity index (χ2v) is 10.6. The molecule has 3 aliphatic rings. The number of nitrogens with zero attached hydrogens (tertiary/aromatic N) is 1. The van der Waals surface area contributed by atoms with Gasteiger partial charge in [-0.1, -0.05) is 32.0 Å². The first-order valence-corrected chi connectivity index (χ1v) is 12.5. The van der Waals surface area contributed by atoms with Crippen molar-refractivity contribution in [3.05, 3.63) is 36.0 Å². The molecule has 2 aliphatic heterocycles. The highest BCUT2D eigenvalue weighted by molar-refractivity contribution is 6.00. The lowest BCUT2D eigenvalue weighted by atomic mass is 9.95.